The third-order valence-electron chi connectivity index (χ3n) is 5.80. The number of esters is 1. The molecular formula is C25H27N3O5. The van der Waals surface area contributed by atoms with Gasteiger partial charge in [-0.15, -0.1) is 0 Å². The highest BCUT2D eigenvalue weighted by molar-refractivity contribution is 5.94. The van der Waals surface area contributed by atoms with Crippen LogP contribution in [0.25, 0.3) is 11.5 Å². The minimum Gasteiger partial charge on any atom is -0.497 e. The number of hydrogen-bond acceptors (Lipinski definition) is 7. The van der Waals surface area contributed by atoms with E-state index >= 15 is 0 Å². The van der Waals surface area contributed by atoms with Crippen molar-refractivity contribution >= 4 is 11.9 Å². The van der Waals surface area contributed by atoms with Gasteiger partial charge in [-0.25, -0.2) is 9.78 Å². The van der Waals surface area contributed by atoms with Crippen LogP contribution >= 0.6 is 0 Å². The van der Waals surface area contributed by atoms with E-state index in [4.69, 9.17) is 13.9 Å². The van der Waals surface area contributed by atoms with Gasteiger partial charge >= 0.3 is 5.97 Å². The summed E-state index contributed by atoms with van der Waals surface area (Å²) in [5.74, 6) is 1.60. The predicted octanol–water partition coefficient (Wildman–Crippen LogP) is 3.40. The molecule has 0 radical (unpaired) electrons. The van der Waals surface area contributed by atoms with Crippen molar-refractivity contribution in [2.75, 3.05) is 40.4 Å². The number of ether oxygens (including phenoxy) is 2. The fraction of sp³-hybridized carbons (Fsp3) is 0.320. The Kier molecular flexibility index (Phi) is 6.74. The van der Waals surface area contributed by atoms with Crippen LogP contribution in [-0.2, 0) is 11.3 Å². The Labute approximate surface area is 192 Å². The number of oxazole rings is 1. The number of rotatable bonds is 6. The van der Waals surface area contributed by atoms with E-state index < -0.39 is 0 Å². The Bertz CT molecular complexity index is 1130. The monoisotopic (exact) mass is 449 g/mol. The average Bonchev–Trinajstić information content (AvgIpc) is 3.23. The van der Waals surface area contributed by atoms with Gasteiger partial charge in [0.2, 0.25) is 5.89 Å². The van der Waals surface area contributed by atoms with Crippen molar-refractivity contribution in [1.29, 1.82) is 0 Å². The molecule has 1 fully saturated rings. The van der Waals surface area contributed by atoms with Crippen molar-refractivity contribution in [3.63, 3.8) is 0 Å². The summed E-state index contributed by atoms with van der Waals surface area (Å²) in [5, 5.41) is 0. The van der Waals surface area contributed by atoms with Crippen molar-refractivity contribution in [1.82, 2.24) is 14.8 Å². The highest BCUT2D eigenvalue weighted by atomic mass is 16.5. The number of carbonyl (C=O) groups excluding carboxylic acids is 2. The molecule has 1 saturated heterocycles. The number of aryl methyl sites for hydroxylation is 1. The zero-order chi connectivity index (χ0) is 23.4. The van der Waals surface area contributed by atoms with Crippen LogP contribution in [0.1, 0.15) is 32.2 Å². The molecule has 1 aliphatic heterocycles. The summed E-state index contributed by atoms with van der Waals surface area (Å²) in [7, 11) is 2.95. The Morgan fingerprint density at radius 2 is 1.73 bits per heavy atom. The molecule has 1 aliphatic rings. The molecular weight excluding hydrogens is 422 g/mol. The van der Waals surface area contributed by atoms with Crippen molar-refractivity contribution < 1.29 is 23.5 Å². The van der Waals surface area contributed by atoms with Crippen molar-refractivity contribution in [2.24, 2.45) is 0 Å². The first-order valence-electron chi connectivity index (χ1n) is 10.8. The SMILES string of the molecule is COC(=O)c1ccc(-c2nc(CN3CCN(C(=O)c4cccc(OC)c4)CC3)c(C)o2)cc1. The lowest BCUT2D eigenvalue weighted by Gasteiger charge is -2.34. The van der Waals surface area contributed by atoms with Crippen molar-refractivity contribution in [2.45, 2.75) is 13.5 Å². The van der Waals surface area contributed by atoms with Crippen LogP contribution in [0.2, 0.25) is 0 Å². The van der Waals surface area contributed by atoms with E-state index in [0.717, 1.165) is 30.1 Å². The molecule has 2 aromatic carbocycles. The molecule has 1 amide bonds. The lowest BCUT2D eigenvalue weighted by atomic mass is 10.1. The molecule has 0 aliphatic carbocycles. The number of benzene rings is 2. The minimum atomic E-state index is -0.380. The third-order valence-corrected chi connectivity index (χ3v) is 5.80. The summed E-state index contributed by atoms with van der Waals surface area (Å²) in [4.78, 5) is 33.3. The van der Waals surface area contributed by atoms with E-state index in [-0.39, 0.29) is 11.9 Å². The molecule has 8 nitrogen and oxygen atoms in total. The van der Waals surface area contributed by atoms with E-state index in [1.807, 2.05) is 30.0 Å². The number of aromatic nitrogens is 1. The number of methoxy groups -OCH3 is 2. The molecule has 0 unspecified atom stereocenters. The smallest absolute Gasteiger partial charge is 0.337 e. The molecule has 172 valence electrons. The Hall–Kier alpha value is -3.65. The van der Waals surface area contributed by atoms with Crippen LogP contribution in [0.5, 0.6) is 5.75 Å². The molecule has 8 heteroatoms. The van der Waals surface area contributed by atoms with Crippen LogP contribution in [0.3, 0.4) is 0 Å². The highest BCUT2D eigenvalue weighted by Crippen LogP contribution is 2.24. The predicted molar refractivity (Wildman–Crippen MR) is 122 cm³/mol. The molecule has 3 aromatic rings. The van der Waals surface area contributed by atoms with Gasteiger partial charge in [0.25, 0.3) is 5.91 Å². The summed E-state index contributed by atoms with van der Waals surface area (Å²) >= 11 is 0. The minimum absolute atomic E-state index is 0.0175. The van der Waals surface area contributed by atoms with Crippen LogP contribution < -0.4 is 4.74 Å². The second-order valence-corrected chi connectivity index (χ2v) is 7.89. The van der Waals surface area contributed by atoms with Crippen molar-refractivity contribution in [3.8, 4) is 17.2 Å². The molecule has 0 N–H and O–H groups in total. The summed E-state index contributed by atoms with van der Waals surface area (Å²) in [6.45, 7) is 5.36. The Morgan fingerprint density at radius 3 is 2.39 bits per heavy atom. The van der Waals surface area contributed by atoms with Crippen LogP contribution in [0.4, 0.5) is 0 Å². The van der Waals surface area contributed by atoms with E-state index in [1.54, 1.807) is 37.4 Å². The van der Waals surface area contributed by atoms with E-state index in [0.29, 0.717) is 42.4 Å². The topological polar surface area (TPSA) is 85.1 Å². The molecule has 0 atom stereocenters. The first kappa shape index (κ1) is 22.5. The molecule has 0 saturated carbocycles. The normalized spacial score (nSPS) is 14.2. The summed E-state index contributed by atoms with van der Waals surface area (Å²) in [6, 6.07) is 14.2. The van der Waals surface area contributed by atoms with Gasteiger partial charge < -0.3 is 18.8 Å². The van der Waals surface area contributed by atoms with Gasteiger partial charge in [0.05, 0.1) is 25.5 Å². The zero-order valence-electron chi connectivity index (χ0n) is 19.0. The molecule has 4 rings (SSSR count). The molecule has 2 heterocycles. The van der Waals surface area contributed by atoms with Crippen LogP contribution in [-0.4, -0.2) is 67.1 Å². The second kappa shape index (κ2) is 9.87. The van der Waals surface area contributed by atoms with Crippen LogP contribution in [0, 0.1) is 6.92 Å². The number of carbonyl (C=O) groups is 2. The molecule has 0 spiro atoms. The van der Waals surface area contributed by atoms with Gasteiger partial charge in [0, 0.05) is 43.9 Å². The summed E-state index contributed by atoms with van der Waals surface area (Å²) in [6.07, 6.45) is 0. The maximum atomic E-state index is 12.8. The van der Waals surface area contributed by atoms with Gasteiger partial charge in [-0.05, 0) is 49.4 Å². The maximum Gasteiger partial charge on any atom is 0.337 e. The lowest BCUT2D eigenvalue weighted by molar-refractivity contribution is 0.0598. The van der Waals surface area contributed by atoms with Gasteiger partial charge in [-0.2, -0.15) is 0 Å². The van der Waals surface area contributed by atoms with E-state index in [9.17, 15) is 9.59 Å². The van der Waals surface area contributed by atoms with Gasteiger partial charge in [-0.1, -0.05) is 6.07 Å². The van der Waals surface area contributed by atoms with Crippen LogP contribution in [0.15, 0.2) is 52.9 Å². The molecule has 33 heavy (non-hydrogen) atoms. The number of hydrogen-bond donors (Lipinski definition) is 0. The van der Waals surface area contributed by atoms with Gasteiger partial charge in [0.15, 0.2) is 0 Å². The quantitative estimate of drug-likeness (QED) is 0.533. The maximum absolute atomic E-state index is 12.8. The molecule has 0 bridgehead atoms. The average molecular weight is 450 g/mol. The van der Waals surface area contributed by atoms with E-state index in [2.05, 4.69) is 9.88 Å². The number of amides is 1. The first-order valence-corrected chi connectivity index (χ1v) is 10.8. The van der Waals surface area contributed by atoms with Gasteiger partial charge in [-0.3, -0.25) is 9.69 Å². The second-order valence-electron chi connectivity index (χ2n) is 7.89. The number of nitrogens with zero attached hydrogens (tertiary/aromatic N) is 3. The van der Waals surface area contributed by atoms with E-state index in [1.165, 1.54) is 7.11 Å². The zero-order valence-corrected chi connectivity index (χ0v) is 19.0. The molecule has 1 aromatic heterocycles. The standard InChI is InChI=1S/C25H27N3O5/c1-17-22(26-23(33-17)18-7-9-19(10-8-18)25(30)32-3)16-27-11-13-28(14-12-27)24(29)20-5-4-6-21(15-20)31-2/h4-10,15H,11-14,16H2,1-3H3. The highest BCUT2D eigenvalue weighted by Gasteiger charge is 2.24. The third kappa shape index (κ3) is 5.06. The Morgan fingerprint density at radius 1 is 1.00 bits per heavy atom. The summed E-state index contributed by atoms with van der Waals surface area (Å²) in [5.41, 5.74) is 2.78. The van der Waals surface area contributed by atoms with Gasteiger partial charge in [0.1, 0.15) is 11.5 Å². The Balaban J connectivity index is 1.36. The largest absolute Gasteiger partial charge is 0.497 e. The summed E-state index contributed by atoms with van der Waals surface area (Å²) < 4.78 is 15.8. The first-order chi connectivity index (χ1) is 16.0. The van der Waals surface area contributed by atoms with Crippen molar-refractivity contribution in [3.05, 3.63) is 71.1 Å². The fourth-order valence-corrected chi connectivity index (χ4v) is 3.82. The number of piperazine rings is 1. The fourth-order valence-electron chi connectivity index (χ4n) is 3.82. The lowest BCUT2D eigenvalue weighted by Crippen LogP contribution is -2.48.